The van der Waals surface area contributed by atoms with Crippen LogP contribution in [0.2, 0.25) is 0 Å². The van der Waals surface area contributed by atoms with Crippen LogP contribution >= 0.6 is 0 Å². The smallest absolute Gasteiger partial charge is 0.297 e. The molecule has 4 heterocycles. The summed E-state index contributed by atoms with van der Waals surface area (Å²) in [6, 6.07) is 10.8. The fourth-order valence-electron chi connectivity index (χ4n) is 2.70. The molecule has 4 aromatic heterocycles. The van der Waals surface area contributed by atoms with Crippen LogP contribution in [0.15, 0.2) is 67.1 Å². The maximum absolute atomic E-state index is 12.7. The molecule has 0 unspecified atom stereocenters. The van der Waals surface area contributed by atoms with E-state index in [2.05, 4.69) is 15.1 Å². The average Bonchev–Trinajstić information content (AvgIpc) is 3.36. The Balaban J connectivity index is 1.56. The minimum Gasteiger partial charge on any atom is -0.461 e. The van der Waals surface area contributed by atoms with Crippen molar-refractivity contribution >= 4 is 22.1 Å². The second-order valence-electron chi connectivity index (χ2n) is 5.44. The lowest BCUT2D eigenvalue weighted by Crippen LogP contribution is -2.20. The molecular weight excluding hydrogens is 324 g/mol. The normalized spacial score (nSPS) is 11.5. The van der Waals surface area contributed by atoms with Crippen molar-refractivity contribution in [3.8, 4) is 11.6 Å². The molecule has 0 saturated heterocycles. The maximum Gasteiger partial charge on any atom is 0.297 e. The molecule has 0 amide bonds. The predicted octanol–water partition coefficient (Wildman–Crippen LogP) is 2.83. The van der Waals surface area contributed by atoms with Crippen molar-refractivity contribution in [3.05, 3.63) is 65.2 Å². The number of para-hydroxylation sites is 1. The molecular formula is C17H10N4O4. The Kier molecular flexibility index (Phi) is 2.84. The minimum absolute atomic E-state index is 0.0898. The Morgan fingerprint density at radius 2 is 2.04 bits per heavy atom. The molecule has 0 fully saturated rings. The summed E-state index contributed by atoms with van der Waals surface area (Å²) in [4.78, 5) is 21.2. The number of hydrogen-bond donors (Lipinski definition) is 0. The molecule has 122 valence electrons. The van der Waals surface area contributed by atoms with Crippen LogP contribution in [-0.4, -0.2) is 19.7 Å². The molecule has 25 heavy (non-hydrogen) atoms. The molecule has 0 saturated carbocycles. The molecule has 0 spiro atoms. The zero-order valence-electron chi connectivity index (χ0n) is 12.7. The third kappa shape index (κ3) is 2.15. The lowest BCUT2D eigenvalue weighted by molar-refractivity contribution is 0.368. The molecule has 0 aliphatic rings. The van der Waals surface area contributed by atoms with Gasteiger partial charge in [-0.3, -0.25) is 9.36 Å². The first kappa shape index (κ1) is 13.7. The summed E-state index contributed by atoms with van der Waals surface area (Å²) in [5.74, 6) is 1.09. The Morgan fingerprint density at radius 3 is 2.92 bits per heavy atom. The summed E-state index contributed by atoms with van der Waals surface area (Å²) in [7, 11) is 0. The number of nitrogens with zero attached hydrogens (tertiary/aromatic N) is 4. The predicted molar refractivity (Wildman–Crippen MR) is 86.9 cm³/mol. The highest BCUT2D eigenvalue weighted by Gasteiger charge is 2.16. The Bertz CT molecular complexity index is 1250. The van der Waals surface area contributed by atoms with E-state index in [0.29, 0.717) is 22.7 Å². The Labute approximate surface area is 139 Å². The van der Waals surface area contributed by atoms with Crippen LogP contribution in [0.4, 0.5) is 0 Å². The van der Waals surface area contributed by atoms with Crippen LogP contribution in [0, 0.1) is 0 Å². The molecule has 1 aromatic carbocycles. The number of aromatic nitrogens is 4. The molecule has 8 nitrogen and oxygen atoms in total. The molecule has 5 rings (SSSR count). The molecule has 0 aliphatic heterocycles. The average molecular weight is 334 g/mol. The van der Waals surface area contributed by atoms with E-state index in [1.165, 1.54) is 17.2 Å². The monoisotopic (exact) mass is 334 g/mol. The maximum atomic E-state index is 12.7. The van der Waals surface area contributed by atoms with Gasteiger partial charge >= 0.3 is 0 Å². The van der Waals surface area contributed by atoms with Gasteiger partial charge in [-0.25, -0.2) is 4.98 Å². The van der Waals surface area contributed by atoms with Gasteiger partial charge in [0.2, 0.25) is 17.3 Å². The molecule has 8 heteroatoms. The number of hydrogen-bond acceptors (Lipinski definition) is 7. The third-order valence-electron chi connectivity index (χ3n) is 3.87. The van der Waals surface area contributed by atoms with Gasteiger partial charge in [0.05, 0.1) is 12.6 Å². The summed E-state index contributed by atoms with van der Waals surface area (Å²) < 4.78 is 17.4. The first-order valence-electron chi connectivity index (χ1n) is 7.53. The Morgan fingerprint density at radius 1 is 1.12 bits per heavy atom. The molecule has 0 radical (unpaired) electrons. The van der Waals surface area contributed by atoms with Crippen molar-refractivity contribution in [2.75, 3.05) is 0 Å². The van der Waals surface area contributed by atoms with Crippen molar-refractivity contribution in [1.82, 2.24) is 19.7 Å². The number of furan rings is 2. The highest BCUT2D eigenvalue weighted by Crippen LogP contribution is 2.24. The highest BCUT2D eigenvalue weighted by molar-refractivity contribution is 6.01. The van der Waals surface area contributed by atoms with Gasteiger partial charge in [0, 0.05) is 5.39 Å². The standard InChI is InChI=1S/C17H10N4O4/c22-17-15-14(10-4-1-2-5-11(10)24-15)18-9-21(17)8-13-19-16(20-25-13)12-6-3-7-23-12/h1-7,9H,8H2. The number of benzene rings is 1. The number of fused-ring (bicyclic) bond motifs is 3. The lowest BCUT2D eigenvalue weighted by atomic mass is 10.2. The van der Waals surface area contributed by atoms with Gasteiger partial charge in [-0.15, -0.1) is 0 Å². The van der Waals surface area contributed by atoms with Crippen molar-refractivity contribution in [2.24, 2.45) is 0 Å². The summed E-state index contributed by atoms with van der Waals surface area (Å²) in [5, 5.41) is 4.65. The Hall–Kier alpha value is -3.68. The van der Waals surface area contributed by atoms with Crippen molar-refractivity contribution < 1.29 is 13.4 Å². The molecule has 0 aliphatic carbocycles. The van der Waals surface area contributed by atoms with E-state index in [9.17, 15) is 4.79 Å². The van der Waals surface area contributed by atoms with Crippen molar-refractivity contribution in [1.29, 1.82) is 0 Å². The van der Waals surface area contributed by atoms with E-state index >= 15 is 0 Å². The first-order valence-corrected chi connectivity index (χ1v) is 7.53. The van der Waals surface area contributed by atoms with Gasteiger partial charge in [0.25, 0.3) is 5.56 Å². The highest BCUT2D eigenvalue weighted by atomic mass is 16.5. The fraction of sp³-hybridized carbons (Fsp3) is 0.0588. The van der Waals surface area contributed by atoms with Crippen LogP contribution in [0.1, 0.15) is 5.89 Å². The van der Waals surface area contributed by atoms with E-state index in [1.54, 1.807) is 18.2 Å². The van der Waals surface area contributed by atoms with Gasteiger partial charge < -0.3 is 13.4 Å². The quantitative estimate of drug-likeness (QED) is 0.500. The van der Waals surface area contributed by atoms with Gasteiger partial charge in [-0.05, 0) is 24.3 Å². The summed E-state index contributed by atoms with van der Waals surface area (Å²) in [6.07, 6.45) is 2.97. The van der Waals surface area contributed by atoms with Gasteiger partial charge in [-0.1, -0.05) is 17.3 Å². The second-order valence-corrected chi connectivity index (χ2v) is 5.44. The lowest BCUT2D eigenvalue weighted by Gasteiger charge is -1.99. The molecule has 0 N–H and O–H groups in total. The van der Waals surface area contributed by atoms with E-state index in [4.69, 9.17) is 13.4 Å². The summed E-state index contributed by atoms with van der Waals surface area (Å²) >= 11 is 0. The third-order valence-corrected chi connectivity index (χ3v) is 3.87. The van der Waals surface area contributed by atoms with Gasteiger partial charge in [-0.2, -0.15) is 4.98 Å². The molecule has 0 bridgehead atoms. The van der Waals surface area contributed by atoms with E-state index in [1.807, 2.05) is 18.2 Å². The number of rotatable bonds is 3. The fourth-order valence-corrected chi connectivity index (χ4v) is 2.70. The molecule has 5 aromatic rings. The van der Waals surface area contributed by atoms with Crippen molar-refractivity contribution in [2.45, 2.75) is 6.54 Å². The van der Waals surface area contributed by atoms with E-state index in [-0.39, 0.29) is 23.6 Å². The largest absolute Gasteiger partial charge is 0.461 e. The first-order chi connectivity index (χ1) is 12.3. The van der Waals surface area contributed by atoms with Crippen molar-refractivity contribution in [3.63, 3.8) is 0 Å². The zero-order valence-corrected chi connectivity index (χ0v) is 12.7. The van der Waals surface area contributed by atoms with E-state index in [0.717, 1.165) is 5.39 Å². The van der Waals surface area contributed by atoms with Gasteiger partial charge in [0.15, 0.2) is 5.76 Å². The molecule has 0 atom stereocenters. The minimum atomic E-state index is -0.307. The SMILES string of the molecule is O=c1c2oc3ccccc3c2ncn1Cc1nc(-c2ccco2)no1. The summed E-state index contributed by atoms with van der Waals surface area (Å²) in [5.41, 5.74) is 1.06. The van der Waals surface area contributed by atoms with Crippen LogP contribution in [0.5, 0.6) is 0 Å². The summed E-state index contributed by atoms with van der Waals surface area (Å²) in [6.45, 7) is 0.0898. The second kappa shape index (κ2) is 5.17. The van der Waals surface area contributed by atoms with Gasteiger partial charge in [0.1, 0.15) is 17.6 Å². The topological polar surface area (TPSA) is 100 Å². The van der Waals surface area contributed by atoms with Crippen LogP contribution in [-0.2, 0) is 6.54 Å². The zero-order chi connectivity index (χ0) is 16.8. The van der Waals surface area contributed by atoms with Crippen LogP contribution in [0.25, 0.3) is 33.7 Å². The van der Waals surface area contributed by atoms with Crippen LogP contribution < -0.4 is 5.56 Å². The van der Waals surface area contributed by atoms with Crippen LogP contribution in [0.3, 0.4) is 0 Å². The van der Waals surface area contributed by atoms with E-state index < -0.39 is 0 Å².